The largest absolute Gasteiger partial charge is 0.481 e. The number of methoxy groups -OCH3 is 1. The van der Waals surface area contributed by atoms with Gasteiger partial charge in [-0.05, 0) is 38.2 Å². The number of rotatable bonds is 3. The van der Waals surface area contributed by atoms with Crippen molar-refractivity contribution in [1.29, 1.82) is 0 Å². The molecule has 0 unspecified atom stereocenters. The Kier molecular flexibility index (Phi) is 5.85. The molecule has 3 aliphatic heterocycles. The van der Waals surface area contributed by atoms with Gasteiger partial charge in [0.1, 0.15) is 0 Å². The van der Waals surface area contributed by atoms with E-state index in [2.05, 4.69) is 9.88 Å². The third-order valence-electron chi connectivity index (χ3n) is 6.71. The minimum Gasteiger partial charge on any atom is -0.481 e. The fraction of sp³-hybridized carbons (Fsp3) is 0.714. The summed E-state index contributed by atoms with van der Waals surface area (Å²) in [5.74, 6) is 0.492. The Morgan fingerprint density at radius 3 is 2.79 bits per heavy atom. The first-order chi connectivity index (χ1) is 13.6. The summed E-state index contributed by atoms with van der Waals surface area (Å²) in [6, 6.07) is 4.02. The van der Waals surface area contributed by atoms with E-state index in [0.29, 0.717) is 24.0 Å². The van der Waals surface area contributed by atoms with Crippen LogP contribution >= 0.6 is 0 Å². The molecular formula is C21H31N3O4. The summed E-state index contributed by atoms with van der Waals surface area (Å²) in [4.78, 5) is 21.7. The predicted molar refractivity (Wildman–Crippen MR) is 104 cm³/mol. The van der Waals surface area contributed by atoms with Crippen LogP contribution in [0.25, 0.3) is 0 Å². The highest BCUT2D eigenvalue weighted by Crippen LogP contribution is 2.40. The molecule has 0 aromatic carbocycles. The molecule has 1 aromatic rings. The molecule has 3 saturated heterocycles. The summed E-state index contributed by atoms with van der Waals surface area (Å²) in [6.45, 7) is 4.79. The van der Waals surface area contributed by atoms with Gasteiger partial charge in [-0.3, -0.25) is 9.69 Å². The third-order valence-corrected chi connectivity index (χ3v) is 6.71. The highest BCUT2D eigenvalue weighted by Gasteiger charge is 2.47. The average molecular weight is 389 g/mol. The molecule has 0 radical (unpaired) electrons. The lowest BCUT2D eigenvalue weighted by Gasteiger charge is -2.53. The van der Waals surface area contributed by atoms with Crippen molar-refractivity contribution in [2.24, 2.45) is 5.41 Å². The smallest absolute Gasteiger partial charge is 0.255 e. The van der Waals surface area contributed by atoms with Crippen molar-refractivity contribution in [3.05, 3.63) is 23.9 Å². The van der Waals surface area contributed by atoms with E-state index in [1.807, 2.05) is 4.90 Å². The van der Waals surface area contributed by atoms with Gasteiger partial charge >= 0.3 is 0 Å². The van der Waals surface area contributed by atoms with E-state index in [1.165, 1.54) is 0 Å². The monoisotopic (exact) mass is 389 g/mol. The fourth-order valence-corrected chi connectivity index (χ4v) is 5.09. The average Bonchev–Trinajstić information content (AvgIpc) is 2.76. The van der Waals surface area contributed by atoms with E-state index >= 15 is 0 Å². The van der Waals surface area contributed by atoms with Crippen LogP contribution in [0.4, 0.5) is 0 Å². The lowest BCUT2D eigenvalue weighted by molar-refractivity contribution is -0.0970. The molecule has 4 rings (SSSR count). The second kappa shape index (κ2) is 8.35. The van der Waals surface area contributed by atoms with Crippen molar-refractivity contribution in [2.75, 3.05) is 46.5 Å². The molecule has 1 aromatic heterocycles. The van der Waals surface area contributed by atoms with Crippen molar-refractivity contribution < 1.29 is 19.4 Å². The number of hydrogen-bond donors (Lipinski definition) is 1. The van der Waals surface area contributed by atoms with Gasteiger partial charge in [-0.25, -0.2) is 4.98 Å². The molecule has 2 atom stereocenters. The van der Waals surface area contributed by atoms with E-state index < -0.39 is 0 Å². The molecule has 0 aliphatic carbocycles. The fourth-order valence-electron chi connectivity index (χ4n) is 5.09. The zero-order chi connectivity index (χ0) is 19.6. The van der Waals surface area contributed by atoms with E-state index in [9.17, 15) is 9.90 Å². The van der Waals surface area contributed by atoms with Crippen LogP contribution in [0.3, 0.4) is 0 Å². The molecular weight excluding hydrogens is 358 g/mol. The van der Waals surface area contributed by atoms with Crippen LogP contribution in [-0.2, 0) is 4.74 Å². The van der Waals surface area contributed by atoms with Crippen molar-refractivity contribution in [1.82, 2.24) is 14.8 Å². The summed E-state index contributed by atoms with van der Waals surface area (Å²) in [6.07, 6.45) is 6.02. The molecule has 0 bridgehead atoms. The lowest BCUT2D eigenvalue weighted by Crippen LogP contribution is -2.61. The van der Waals surface area contributed by atoms with Crippen LogP contribution in [0.1, 0.15) is 42.5 Å². The van der Waals surface area contributed by atoms with E-state index in [0.717, 1.165) is 65.0 Å². The molecule has 0 saturated carbocycles. The number of pyridine rings is 1. The first-order valence-electron chi connectivity index (χ1n) is 10.4. The number of aromatic nitrogens is 1. The highest BCUT2D eigenvalue weighted by molar-refractivity contribution is 5.94. The van der Waals surface area contributed by atoms with Crippen molar-refractivity contribution >= 4 is 5.91 Å². The van der Waals surface area contributed by atoms with Crippen LogP contribution < -0.4 is 4.74 Å². The highest BCUT2D eigenvalue weighted by atomic mass is 16.5. The van der Waals surface area contributed by atoms with Crippen LogP contribution in [0.2, 0.25) is 0 Å². The number of carbonyl (C=O) groups is 1. The topological polar surface area (TPSA) is 75.1 Å². The zero-order valence-electron chi connectivity index (χ0n) is 16.7. The third kappa shape index (κ3) is 3.88. The Morgan fingerprint density at radius 2 is 2.07 bits per heavy atom. The molecule has 1 spiro atoms. The lowest BCUT2D eigenvalue weighted by atomic mass is 9.71. The number of nitrogens with zero attached hydrogens (tertiary/aromatic N) is 3. The van der Waals surface area contributed by atoms with E-state index in [1.54, 1.807) is 25.4 Å². The van der Waals surface area contributed by atoms with Gasteiger partial charge < -0.3 is 19.5 Å². The molecule has 3 aliphatic rings. The number of piperidine rings is 2. The quantitative estimate of drug-likeness (QED) is 0.846. The van der Waals surface area contributed by atoms with E-state index in [4.69, 9.17) is 9.47 Å². The van der Waals surface area contributed by atoms with Crippen molar-refractivity contribution in [3.8, 4) is 5.88 Å². The van der Waals surface area contributed by atoms with Gasteiger partial charge in [-0.2, -0.15) is 0 Å². The number of likely N-dealkylation sites (tertiary alicyclic amines) is 2. The van der Waals surface area contributed by atoms with Gasteiger partial charge in [0, 0.05) is 63.1 Å². The first kappa shape index (κ1) is 19.6. The minimum absolute atomic E-state index is 0.00961. The maximum atomic E-state index is 13.0. The SMILES string of the molecule is COc1ccc(C(=O)N2CCC[C@]3(C2)CN(C2CCOCC2)CC[C@H]3O)cn1. The number of ether oxygens (including phenoxy) is 2. The van der Waals surface area contributed by atoms with Gasteiger partial charge in [0.2, 0.25) is 5.88 Å². The molecule has 4 heterocycles. The first-order valence-corrected chi connectivity index (χ1v) is 10.4. The van der Waals surface area contributed by atoms with Crippen LogP contribution in [0, 0.1) is 5.41 Å². The minimum atomic E-state index is -0.354. The van der Waals surface area contributed by atoms with Gasteiger partial charge in [-0.15, -0.1) is 0 Å². The Labute approximate surface area is 166 Å². The summed E-state index contributed by atoms with van der Waals surface area (Å²) >= 11 is 0. The van der Waals surface area contributed by atoms with Gasteiger partial charge in [0.15, 0.2) is 0 Å². The predicted octanol–water partition coefficient (Wildman–Crippen LogP) is 1.56. The van der Waals surface area contributed by atoms with Gasteiger partial charge in [0.25, 0.3) is 5.91 Å². The maximum Gasteiger partial charge on any atom is 0.255 e. The molecule has 1 N–H and O–H groups in total. The number of amides is 1. The number of hydrogen-bond acceptors (Lipinski definition) is 6. The summed E-state index contributed by atoms with van der Waals surface area (Å²) in [5.41, 5.74) is 0.342. The standard InChI is InChI=1S/C21H31N3O4/c1-27-19-4-3-16(13-22-19)20(26)24-9-2-8-21(15-24)14-23(10-5-18(21)25)17-6-11-28-12-7-17/h3-4,13,17-18,25H,2,5-12,14-15H2,1H3/t18-,21-/m1/s1. The van der Waals surface area contributed by atoms with Crippen LogP contribution in [0.5, 0.6) is 5.88 Å². The van der Waals surface area contributed by atoms with Gasteiger partial charge in [-0.1, -0.05) is 0 Å². The summed E-state index contributed by atoms with van der Waals surface area (Å²) in [7, 11) is 1.56. The number of carbonyl (C=O) groups excluding carboxylic acids is 1. The second-order valence-corrected chi connectivity index (χ2v) is 8.40. The zero-order valence-corrected chi connectivity index (χ0v) is 16.7. The molecule has 3 fully saturated rings. The molecule has 7 heteroatoms. The molecule has 28 heavy (non-hydrogen) atoms. The Hall–Kier alpha value is -1.70. The normalized spacial score (nSPS) is 29.8. The van der Waals surface area contributed by atoms with Crippen molar-refractivity contribution in [3.63, 3.8) is 0 Å². The Bertz CT molecular complexity index is 677. The van der Waals surface area contributed by atoms with E-state index in [-0.39, 0.29) is 17.4 Å². The number of aliphatic hydroxyl groups is 1. The number of aliphatic hydroxyl groups excluding tert-OH is 1. The van der Waals surface area contributed by atoms with Gasteiger partial charge in [0.05, 0.1) is 18.8 Å². The van der Waals surface area contributed by atoms with Crippen LogP contribution in [0.15, 0.2) is 18.3 Å². The summed E-state index contributed by atoms with van der Waals surface area (Å²) in [5, 5.41) is 10.9. The Balaban J connectivity index is 1.47. The molecule has 7 nitrogen and oxygen atoms in total. The van der Waals surface area contributed by atoms with Crippen molar-refractivity contribution in [2.45, 2.75) is 44.2 Å². The summed E-state index contributed by atoms with van der Waals surface area (Å²) < 4.78 is 10.6. The maximum absolute atomic E-state index is 13.0. The second-order valence-electron chi connectivity index (χ2n) is 8.40. The Morgan fingerprint density at radius 1 is 1.25 bits per heavy atom. The van der Waals surface area contributed by atoms with Crippen LogP contribution in [-0.4, -0.2) is 84.4 Å². The molecule has 154 valence electrons. The molecule has 1 amide bonds.